The van der Waals surface area contributed by atoms with E-state index in [0.29, 0.717) is 19.3 Å². The van der Waals surface area contributed by atoms with Gasteiger partial charge in [-0.2, -0.15) is 5.10 Å². The smallest absolute Gasteiger partial charge is 0.341 e. The molecule has 0 spiro atoms. The van der Waals surface area contributed by atoms with E-state index in [9.17, 15) is 9.90 Å². The number of amides is 2. The first kappa shape index (κ1) is 21.6. The second kappa shape index (κ2) is 9.65. The summed E-state index contributed by atoms with van der Waals surface area (Å²) in [4.78, 5) is 15.8. The molecule has 1 aliphatic carbocycles. The van der Waals surface area contributed by atoms with Gasteiger partial charge in [-0.15, -0.1) is 0 Å². The van der Waals surface area contributed by atoms with Crippen LogP contribution in [-0.2, 0) is 5.54 Å². The molecule has 2 amide bonds. The van der Waals surface area contributed by atoms with Crippen LogP contribution in [0.2, 0.25) is 0 Å². The van der Waals surface area contributed by atoms with Crippen LogP contribution in [0, 0.1) is 0 Å². The van der Waals surface area contributed by atoms with Crippen molar-refractivity contribution in [2.24, 2.45) is 5.10 Å². The van der Waals surface area contributed by atoms with E-state index in [4.69, 9.17) is 5.10 Å². The highest BCUT2D eigenvalue weighted by atomic mass is 16.3. The molecule has 1 atom stereocenters. The van der Waals surface area contributed by atoms with Crippen LogP contribution in [-0.4, -0.2) is 46.5 Å². The molecule has 0 radical (unpaired) electrons. The molecule has 1 aliphatic heterocycles. The Morgan fingerprint density at radius 1 is 1.06 bits per heavy atom. The van der Waals surface area contributed by atoms with Gasteiger partial charge >= 0.3 is 6.03 Å². The molecule has 5 nitrogen and oxygen atoms in total. The number of aliphatic hydroxyl groups excluding tert-OH is 1. The molecule has 5 heteroatoms. The molecule has 164 valence electrons. The molecule has 1 unspecified atom stereocenters. The highest BCUT2D eigenvalue weighted by Gasteiger charge is 2.48. The minimum atomic E-state index is -0.588. The van der Waals surface area contributed by atoms with Crippen molar-refractivity contribution in [3.05, 3.63) is 71.8 Å². The Balaban J connectivity index is 1.74. The van der Waals surface area contributed by atoms with Crippen LogP contribution >= 0.6 is 0 Å². The van der Waals surface area contributed by atoms with Crippen molar-refractivity contribution in [3.8, 4) is 0 Å². The molecule has 0 saturated heterocycles. The quantitative estimate of drug-likeness (QED) is 0.704. The van der Waals surface area contributed by atoms with Gasteiger partial charge in [0.2, 0.25) is 0 Å². The van der Waals surface area contributed by atoms with Crippen molar-refractivity contribution in [1.29, 1.82) is 0 Å². The molecule has 2 aromatic carbocycles. The van der Waals surface area contributed by atoms with E-state index in [0.717, 1.165) is 29.7 Å². The molecular weight excluding hydrogens is 386 g/mol. The first-order valence-electron chi connectivity index (χ1n) is 11.5. The van der Waals surface area contributed by atoms with Crippen molar-refractivity contribution in [2.75, 3.05) is 13.7 Å². The number of benzene rings is 2. The Kier molecular flexibility index (Phi) is 6.71. The number of carbonyl (C=O) groups is 1. The second-order valence-electron chi connectivity index (χ2n) is 8.81. The number of hydrogen-bond donors (Lipinski definition) is 1. The lowest BCUT2D eigenvalue weighted by atomic mass is 9.80. The number of urea groups is 1. The third-order valence-corrected chi connectivity index (χ3v) is 6.86. The zero-order chi connectivity index (χ0) is 21.7. The Morgan fingerprint density at radius 3 is 2.35 bits per heavy atom. The van der Waals surface area contributed by atoms with Gasteiger partial charge in [-0.25, -0.2) is 9.80 Å². The molecule has 0 aromatic heterocycles. The lowest BCUT2D eigenvalue weighted by Crippen LogP contribution is -2.51. The molecule has 1 heterocycles. The molecule has 1 N–H and O–H groups in total. The summed E-state index contributed by atoms with van der Waals surface area (Å²) < 4.78 is 0. The normalized spacial score (nSPS) is 21.7. The Hall–Kier alpha value is -2.66. The molecule has 2 aliphatic rings. The van der Waals surface area contributed by atoms with Crippen molar-refractivity contribution >= 4 is 11.7 Å². The Morgan fingerprint density at radius 2 is 1.71 bits per heavy atom. The van der Waals surface area contributed by atoms with Gasteiger partial charge in [0.1, 0.15) is 0 Å². The number of rotatable bonds is 6. The predicted molar refractivity (Wildman–Crippen MR) is 124 cm³/mol. The van der Waals surface area contributed by atoms with Crippen LogP contribution in [0.5, 0.6) is 0 Å². The summed E-state index contributed by atoms with van der Waals surface area (Å²) in [5.74, 6) is 0. The minimum Gasteiger partial charge on any atom is -0.396 e. The van der Waals surface area contributed by atoms with Crippen molar-refractivity contribution in [1.82, 2.24) is 9.91 Å². The van der Waals surface area contributed by atoms with Gasteiger partial charge in [-0.05, 0) is 36.8 Å². The summed E-state index contributed by atoms with van der Waals surface area (Å²) in [6.07, 6.45) is 7.64. The van der Waals surface area contributed by atoms with E-state index >= 15 is 0 Å². The van der Waals surface area contributed by atoms with Crippen molar-refractivity contribution < 1.29 is 9.90 Å². The van der Waals surface area contributed by atoms with Crippen LogP contribution in [0.25, 0.3) is 0 Å². The van der Waals surface area contributed by atoms with Gasteiger partial charge in [-0.1, -0.05) is 79.9 Å². The van der Waals surface area contributed by atoms with Crippen LogP contribution in [0.1, 0.15) is 62.5 Å². The standard InChI is InChI=1S/C26H33N3O2/c1-28(23-16-9-4-10-17-23)25(31)29-26(18-11-19-30,22-14-7-3-8-15-22)20-24(27-29)21-12-5-2-6-13-21/h2-3,5-8,12-15,23,30H,4,9-11,16-20H2,1H3. The molecule has 0 bridgehead atoms. The summed E-state index contributed by atoms with van der Waals surface area (Å²) in [5, 5.41) is 16.3. The monoisotopic (exact) mass is 419 g/mol. The maximum atomic E-state index is 13.9. The van der Waals surface area contributed by atoms with Gasteiger partial charge < -0.3 is 10.0 Å². The summed E-state index contributed by atoms with van der Waals surface area (Å²) in [5.41, 5.74) is 2.45. The Bertz CT molecular complexity index is 893. The average molecular weight is 420 g/mol. The van der Waals surface area contributed by atoms with E-state index in [1.807, 2.05) is 48.3 Å². The van der Waals surface area contributed by atoms with Gasteiger partial charge in [0.25, 0.3) is 0 Å². The highest BCUT2D eigenvalue weighted by Crippen LogP contribution is 2.43. The second-order valence-corrected chi connectivity index (χ2v) is 8.81. The summed E-state index contributed by atoms with van der Waals surface area (Å²) in [6.45, 7) is 0.0930. The number of carbonyl (C=O) groups excluding carboxylic acids is 1. The zero-order valence-corrected chi connectivity index (χ0v) is 18.4. The maximum Gasteiger partial charge on any atom is 0.341 e. The molecule has 2 aromatic rings. The van der Waals surface area contributed by atoms with Crippen molar-refractivity contribution in [2.45, 2.75) is 62.9 Å². The highest BCUT2D eigenvalue weighted by molar-refractivity contribution is 6.03. The van der Waals surface area contributed by atoms with Gasteiger partial charge in [0, 0.05) is 26.1 Å². The first-order chi connectivity index (χ1) is 15.2. The third-order valence-electron chi connectivity index (χ3n) is 6.86. The molecule has 1 saturated carbocycles. The lowest BCUT2D eigenvalue weighted by molar-refractivity contribution is 0.0785. The third kappa shape index (κ3) is 4.38. The molecule has 31 heavy (non-hydrogen) atoms. The molecule has 4 rings (SSSR count). The predicted octanol–water partition coefficient (Wildman–Crippen LogP) is 5.15. The largest absolute Gasteiger partial charge is 0.396 e. The summed E-state index contributed by atoms with van der Waals surface area (Å²) in [6, 6.07) is 20.6. The van der Waals surface area contributed by atoms with E-state index < -0.39 is 5.54 Å². The first-order valence-corrected chi connectivity index (χ1v) is 11.5. The van der Waals surface area contributed by atoms with Crippen LogP contribution in [0.15, 0.2) is 65.8 Å². The van der Waals surface area contributed by atoms with Crippen molar-refractivity contribution in [3.63, 3.8) is 0 Å². The number of aliphatic hydroxyl groups is 1. The van der Waals surface area contributed by atoms with Crippen LogP contribution in [0.4, 0.5) is 4.79 Å². The van der Waals surface area contributed by atoms with Gasteiger partial charge in [0.15, 0.2) is 0 Å². The fraction of sp³-hybridized carbons (Fsp3) is 0.462. The average Bonchev–Trinajstić information content (AvgIpc) is 3.24. The minimum absolute atomic E-state index is 0.0420. The topological polar surface area (TPSA) is 56.1 Å². The van der Waals surface area contributed by atoms with Gasteiger partial charge in [0.05, 0.1) is 11.3 Å². The lowest BCUT2D eigenvalue weighted by Gasteiger charge is -2.41. The fourth-order valence-corrected chi connectivity index (χ4v) is 5.08. The van der Waals surface area contributed by atoms with Crippen LogP contribution < -0.4 is 0 Å². The van der Waals surface area contributed by atoms with Gasteiger partial charge in [-0.3, -0.25) is 0 Å². The zero-order valence-electron chi connectivity index (χ0n) is 18.4. The Labute approximate surface area is 185 Å². The van der Waals surface area contributed by atoms with Crippen LogP contribution in [0.3, 0.4) is 0 Å². The maximum absolute atomic E-state index is 13.9. The number of hydrogen-bond acceptors (Lipinski definition) is 3. The van der Waals surface area contributed by atoms with E-state index in [2.05, 4.69) is 24.3 Å². The summed E-state index contributed by atoms with van der Waals surface area (Å²) in [7, 11) is 1.93. The number of hydrazone groups is 1. The molecule has 1 fully saturated rings. The summed E-state index contributed by atoms with van der Waals surface area (Å²) >= 11 is 0. The van der Waals surface area contributed by atoms with E-state index in [1.54, 1.807) is 5.01 Å². The molecular formula is C26H33N3O2. The van der Waals surface area contributed by atoms with E-state index in [-0.39, 0.29) is 18.7 Å². The van der Waals surface area contributed by atoms with E-state index in [1.165, 1.54) is 19.3 Å². The SMILES string of the molecule is CN(C(=O)N1N=C(c2ccccc2)CC1(CCCO)c1ccccc1)C1CCCCC1. The number of nitrogens with zero attached hydrogens (tertiary/aromatic N) is 3. The fourth-order valence-electron chi connectivity index (χ4n) is 5.08.